The van der Waals surface area contributed by atoms with Crippen LogP contribution in [0.4, 0.5) is 0 Å². The molecular weight excluding hydrogens is 318 g/mol. The minimum Gasteiger partial charge on any atom is -0.369 e. The summed E-state index contributed by atoms with van der Waals surface area (Å²) in [6.07, 6.45) is 0.164. The molecule has 2 aromatic carbocycles. The maximum absolute atomic E-state index is 12.4. The molecule has 0 bridgehead atoms. The van der Waals surface area contributed by atoms with Gasteiger partial charge in [-0.2, -0.15) is 0 Å². The van der Waals surface area contributed by atoms with Crippen LogP contribution in [0.5, 0.6) is 0 Å². The van der Waals surface area contributed by atoms with E-state index in [9.17, 15) is 9.59 Å². The Hall–Kier alpha value is -1.94. The summed E-state index contributed by atoms with van der Waals surface area (Å²) in [4.78, 5) is 23.3. The van der Waals surface area contributed by atoms with E-state index in [1.165, 1.54) is 0 Å². The number of nitrogens with two attached hydrogens (primary N) is 1. The normalized spacial score (nSPS) is 10.3. The quantitative estimate of drug-likeness (QED) is 0.875. The number of primary amides is 1. The van der Waals surface area contributed by atoms with Gasteiger partial charge in [-0.3, -0.25) is 9.59 Å². The maximum atomic E-state index is 12.4. The molecule has 0 fully saturated rings. The van der Waals surface area contributed by atoms with Gasteiger partial charge >= 0.3 is 0 Å². The Balaban J connectivity index is 2.31. The lowest BCUT2D eigenvalue weighted by molar-refractivity contribution is -0.117. The Kier molecular flexibility index (Phi) is 4.35. The van der Waals surface area contributed by atoms with Crippen molar-refractivity contribution in [2.75, 3.05) is 0 Å². The number of ketones is 1. The summed E-state index contributed by atoms with van der Waals surface area (Å²) in [7, 11) is 0. The van der Waals surface area contributed by atoms with E-state index in [1.807, 2.05) is 19.1 Å². The molecule has 3 nitrogen and oxygen atoms in total. The Labute approximate surface area is 125 Å². The summed E-state index contributed by atoms with van der Waals surface area (Å²) in [6, 6.07) is 12.6. The van der Waals surface area contributed by atoms with Crippen LogP contribution in [0.2, 0.25) is 0 Å². The molecule has 102 valence electrons. The molecule has 0 unspecified atom stereocenters. The second-order valence-corrected chi connectivity index (χ2v) is 5.51. The van der Waals surface area contributed by atoms with Gasteiger partial charge in [0.05, 0.1) is 6.42 Å². The summed E-state index contributed by atoms with van der Waals surface area (Å²) in [5.41, 5.74) is 8.26. The van der Waals surface area contributed by atoms with Crippen LogP contribution in [0.1, 0.15) is 27.0 Å². The van der Waals surface area contributed by atoms with Gasteiger partial charge in [-0.1, -0.05) is 51.8 Å². The van der Waals surface area contributed by atoms with E-state index in [1.54, 1.807) is 30.3 Å². The SMILES string of the molecule is Cc1ccc(C(=O)c2ccc(CC(N)=O)cc2Br)cc1. The molecule has 20 heavy (non-hydrogen) atoms. The van der Waals surface area contributed by atoms with Crippen molar-refractivity contribution in [3.05, 3.63) is 69.2 Å². The molecule has 0 aliphatic carbocycles. The number of hydrogen-bond donors (Lipinski definition) is 1. The van der Waals surface area contributed by atoms with Gasteiger partial charge in [0.25, 0.3) is 0 Å². The highest BCUT2D eigenvalue weighted by Crippen LogP contribution is 2.22. The average Bonchev–Trinajstić information content (AvgIpc) is 2.38. The minimum atomic E-state index is -0.394. The van der Waals surface area contributed by atoms with Gasteiger partial charge in [0, 0.05) is 15.6 Å². The second-order valence-electron chi connectivity index (χ2n) is 4.65. The summed E-state index contributed by atoms with van der Waals surface area (Å²) >= 11 is 3.38. The zero-order valence-electron chi connectivity index (χ0n) is 11.0. The van der Waals surface area contributed by atoms with E-state index in [-0.39, 0.29) is 12.2 Å². The Morgan fingerprint density at radius 1 is 1.10 bits per heavy atom. The predicted octanol–water partition coefficient (Wildman–Crippen LogP) is 3.02. The largest absolute Gasteiger partial charge is 0.369 e. The average molecular weight is 332 g/mol. The third kappa shape index (κ3) is 3.33. The van der Waals surface area contributed by atoms with E-state index in [0.29, 0.717) is 15.6 Å². The van der Waals surface area contributed by atoms with Crippen molar-refractivity contribution >= 4 is 27.6 Å². The van der Waals surface area contributed by atoms with Crippen LogP contribution in [0.3, 0.4) is 0 Å². The van der Waals surface area contributed by atoms with Crippen LogP contribution in [0, 0.1) is 6.92 Å². The molecule has 2 aromatic rings. The van der Waals surface area contributed by atoms with E-state index in [2.05, 4.69) is 15.9 Å². The molecule has 1 amide bonds. The van der Waals surface area contributed by atoms with Crippen LogP contribution in [0.15, 0.2) is 46.9 Å². The lowest BCUT2D eigenvalue weighted by Crippen LogP contribution is -2.13. The zero-order chi connectivity index (χ0) is 14.7. The minimum absolute atomic E-state index is 0.0532. The number of carbonyl (C=O) groups excluding carboxylic acids is 2. The summed E-state index contributed by atoms with van der Waals surface area (Å²) < 4.78 is 0.668. The molecule has 0 atom stereocenters. The second kappa shape index (κ2) is 6.01. The Bertz CT molecular complexity index is 663. The van der Waals surface area contributed by atoms with Gasteiger partial charge in [-0.25, -0.2) is 0 Å². The number of amides is 1. The van der Waals surface area contributed by atoms with Crippen LogP contribution in [-0.4, -0.2) is 11.7 Å². The first kappa shape index (κ1) is 14.5. The standard InChI is InChI=1S/C16H14BrNO2/c1-10-2-5-12(6-3-10)16(20)13-7-4-11(8-14(13)17)9-15(18)19/h2-8H,9H2,1H3,(H2,18,19). The number of halogens is 1. The molecular formula is C16H14BrNO2. The first-order valence-electron chi connectivity index (χ1n) is 6.15. The fourth-order valence-electron chi connectivity index (χ4n) is 1.91. The fraction of sp³-hybridized carbons (Fsp3) is 0.125. The molecule has 0 radical (unpaired) electrons. The van der Waals surface area contributed by atoms with E-state index in [0.717, 1.165) is 11.1 Å². The van der Waals surface area contributed by atoms with Crippen LogP contribution in [-0.2, 0) is 11.2 Å². The molecule has 0 aliphatic heterocycles. The van der Waals surface area contributed by atoms with Crippen molar-refractivity contribution in [1.82, 2.24) is 0 Å². The highest BCUT2D eigenvalue weighted by Gasteiger charge is 2.13. The van der Waals surface area contributed by atoms with E-state index in [4.69, 9.17) is 5.73 Å². The zero-order valence-corrected chi connectivity index (χ0v) is 12.6. The summed E-state index contributed by atoms with van der Waals surface area (Å²) in [5, 5.41) is 0. The topological polar surface area (TPSA) is 60.2 Å². The van der Waals surface area contributed by atoms with Crippen molar-refractivity contribution in [3.8, 4) is 0 Å². The molecule has 0 saturated carbocycles. The van der Waals surface area contributed by atoms with Crippen molar-refractivity contribution < 1.29 is 9.59 Å². The lowest BCUT2D eigenvalue weighted by Gasteiger charge is -2.06. The van der Waals surface area contributed by atoms with E-state index >= 15 is 0 Å². The summed E-state index contributed by atoms with van der Waals surface area (Å²) in [5.74, 6) is -0.447. The fourth-order valence-corrected chi connectivity index (χ4v) is 2.52. The molecule has 0 saturated heterocycles. The third-order valence-electron chi connectivity index (χ3n) is 2.97. The van der Waals surface area contributed by atoms with Gasteiger partial charge < -0.3 is 5.73 Å². The van der Waals surface area contributed by atoms with Crippen LogP contribution < -0.4 is 5.73 Å². The number of aryl methyl sites for hydroxylation is 1. The monoisotopic (exact) mass is 331 g/mol. The Morgan fingerprint density at radius 2 is 1.75 bits per heavy atom. The van der Waals surface area contributed by atoms with Crippen molar-refractivity contribution in [1.29, 1.82) is 0 Å². The molecule has 2 rings (SSSR count). The Morgan fingerprint density at radius 3 is 2.30 bits per heavy atom. The van der Waals surface area contributed by atoms with Gasteiger partial charge in [-0.15, -0.1) is 0 Å². The molecule has 0 aromatic heterocycles. The smallest absolute Gasteiger partial charge is 0.221 e. The van der Waals surface area contributed by atoms with Crippen molar-refractivity contribution in [2.24, 2.45) is 5.73 Å². The van der Waals surface area contributed by atoms with Gasteiger partial charge in [0.1, 0.15) is 0 Å². The van der Waals surface area contributed by atoms with Gasteiger partial charge in [0.15, 0.2) is 5.78 Å². The van der Waals surface area contributed by atoms with Gasteiger partial charge in [-0.05, 0) is 24.6 Å². The van der Waals surface area contributed by atoms with Gasteiger partial charge in [0.2, 0.25) is 5.91 Å². The highest BCUT2D eigenvalue weighted by atomic mass is 79.9. The number of benzene rings is 2. The van der Waals surface area contributed by atoms with E-state index < -0.39 is 5.91 Å². The van der Waals surface area contributed by atoms with Crippen LogP contribution in [0.25, 0.3) is 0 Å². The molecule has 2 N–H and O–H groups in total. The van der Waals surface area contributed by atoms with Crippen LogP contribution >= 0.6 is 15.9 Å². The first-order valence-corrected chi connectivity index (χ1v) is 6.95. The number of rotatable bonds is 4. The lowest BCUT2D eigenvalue weighted by atomic mass is 10.0. The van der Waals surface area contributed by atoms with Crippen molar-refractivity contribution in [2.45, 2.75) is 13.3 Å². The molecule has 0 heterocycles. The predicted molar refractivity (Wildman–Crippen MR) is 81.7 cm³/mol. The molecule has 0 spiro atoms. The molecule has 0 aliphatic rings. The number of hydrogen-bond acceptors (Lipinski definition) is 2. The maximum Gasteiger partial charge on any atom is 0.221 e. The molecule has 4 heteroatoms. The number of carbonyl (C=O) groups is 2. The third-order valence-corrected chi connectivity index (χ3v) is 3.63. The first-order chi connectivity index (χ1) is 9.47. The highest BCUT2D eigenvalue weighted by molar-refractivity contribution is 9.10. The van der Waals surface area contributed by atoms with Crippen molar-refractivity contribution in [3.63, 3.8) is 0 Å². The summed E-state index contributed by atoms with van der Waals surface area (Å²) in [6.45, 7) is 1.97.